The molecule has 2 rings (SSSR count). The summed E-state index contributed by atoms with van der Waals surface area (Å²) >= 11 is 0. The Labute approximate surface area is 80.1 Å². The number of carbonyl (C=O) groups is 1. The second-order valence-electron chi connectivity index (χ2n) is 2.90. The van der Waals surface area contributed by atoms with E-state index in [-0.39, 0.29) is 11.7 Å². The Morgan fingerprint density at radius 2 is 2.43 bits per heavy atom. The first-order chi connectivity index (χ1) is 6.68. The molecule has 0 saturated carbocycles. The van der Waals surface area contributed by atoms with Crippen molar-refractivity contribution in [3.8, 4) is 0 Å². The quantitative estimate of drug-likeness (QED) is 0.731. The molecule has 0 amide bonds. The Bertz CT molecular complexity index is 456. The van der Waals surface area contributed by atoms with Gasteiger partial charge in [0.15, 0.2) is 5.76 Å². The topological polar surface area (TPSA) is 74.0 Å². The minimum atomic E-state index is -0.361. The summed E-state index contributed by atoms with van der Waals surface area (Å²) in [6.07, 6.45) is 1.43. The highest BCUT2D eigenvalue weighted by molar-refractivity contribution is 5.94. The van der Waals surface area contributed by atoms with Gasteiger partial charge in [-0.25, -0.2) is 0 Å². The molecule has 0 spiro atoms. The number of anilines is 1. The zero-order valence-electron chi connectivity index (χ0n) is 7.60. The number of hydrogen-bond acceptors (Lipinski definition) is 4. The average Bonchev–Trinajstić information content (AvgIpc) is 2.73. The third-order valence-electron chi connectivity index (χ3n) is 1.78. The Kier molecular flexibility index (Phi) is 1.85. The molecule has 0 aliphatic heterocycles. The molecular weight excluding hydrogens is 182 g/mol. The molecule has 2 N–H and O–H groups in total. The standard InChI is InChI=1S/C9H9N3O2/c1-6-5-8(10)12(11-6)9(13)7-3-2-4-14-7/h2-5H,10H2,1H3. The van der Waals surface area contributed by atoms with Gasteiger partial charge in [-0.2, -0.15) is 9.78 Å². The summed E-state index contributed by atoms with van der Waals surface area (Å²) in [5.74, 6) is 0.171. The van der Waals surface area contributed by atoms with E-state index in [1.165, 1.54) is 6.26 Å². The van der Waals surface area contributed by atoms with Gasteiger partial charge in [0.1, 0.15) is 5.82 Å². The predicted molar refractivity (Wildman–Crippen MR) is 49.8 cm³/mol. The fraction of sp³-hybridized carbons (Fsp3) is 0.111. The molecule has 2 aromatic heterocycles. The SMILES string of the molecule is Cc1cc(N)n(C(=O)c2ccco2)n1. The van der Waals surface area contributed by atoms with Gasteiger partial charge in [-0.1, -0.05) is 0 Å². The van der Waals surface area contributed by atoms with E-state index in [9.17, 15) is 4.79 Å². The molecular formula is C9H9N3O2. The van der Waals surface area contributed by atoms with E-state index in [0.717, 1.165) is 4.68 Å². The summed E-state index contributed by atoms with van der Waals surface area (Å²) < 4.78 is 6.07. The van der Waals surface area contributed by atoms with Crippen LogP contribution in [0.2, 0.25) is 0 Å². The van der Waals surface area contributed by atoms with E-state index in [4.69, 9.17) is 10.2 Å². The molecule has 2 aromatic rings. The van der Waals surface area contributed by atoms with Crippen molar-refractivity contribution in [1.82, 2.24) is 9.78 Å². The van der Waals surface area contributed by atoms with Crippen LogP contribution >= 0.6 is 0 Å². The number of rotatable bonds is 1. The van der Waals surface area contributed by atoms with Crippen LogP contribution in [-0.4, -0.2) is 15.7 Å². The van der Waals surface area contributed by atoms with Gasteiger partial charge in [-0.3, -0.25) is 4.79 Å². The van der Waals surface area contributed by atoms with Gasteiger partial charge in [-0.05, 0) is 19.1 Å². The van der Waals surface area contributed by atoms with Gasteiger partial charge < -0.3 is 10.2 Å². The fourth-order valence-electron chi connectivity index (χ4n) is 1.19. The summed E-state index contributed by atoms with van der Waals surface area (Å²) in [4.78, 5) is 11.7. The second-order valence-corrected chi connectivity index (χ2v) is 2.90. The summed E-state index contributed by atoms with van der Waals surface area (Å²) in [7, 11) is 0. The van der Waals surface area contributed by atoms with Crippen LogP contribution in [0, 0.1) is 6.92 Å². The van der Waals surface area contributed by atoms with Crippen molar-refractivity contribution in [2.75, 3.05) is 5.73 Å². The van der Waals surface area contributed by atoms with Crippen molar-refractivity contribution >= 4 is 11.7 Å². The highest BCUT2D eigenvalue weighted by Crippen LogP contribution is 2.09. The lowest BCUT2D eigenvalue weighted by molar-refractivity contribution is 0.0920. The highest BCUT2D eigenvalue weighted by Gasteiger charge is 2.15. The molecule has 5 heteroatoms. The number of aromatic nitrogens is 2. The van der Waals surface area contributed by atoms with Gasteiger partial charge in [0, 0.05) is 6.07 Å². The van der Waals surface area contributed by atoms with Crippen molar-refractivity contribution in [3.05, 3.63) is 35.9 Å². The normalized spacial score (nSPS) is 10.4. The first-order valence-corrected chi connectivity index (χ1v) is 4.09. The van der Waals surface area contributed by atoms with Crippen LogP contribution < -0.4 is 5.73 Å². The van der Waals surface area contributed by atoms with Gasteiger partial charge >= 0.3 is 5.91 Å². The van der Waals surface area contributed by atoms with Gasteiger partial charge in [0.25, 0.3) is 0 Å². The molecule has 0 radical (unpaired) electrons. The molecule has 2 heterocycles. The second kappa shape index (κ2) is 3.02. The molecule has 0 aliphatic rings. The maximum atomic E-state index is 11.7. The van der Waals surface area contributed by atoms with Gasteiger partial charge in [0.05, 0.1) is 12.0 Å². The minimum absolute atomic E-state index is 0.222. The lowest BCUT2D eigenvalue weighted by Crippen LogP contribution is -2.15. The van der Waals surface area contributed by atoms with E-state index < -0.39 is 0 Å². The number of hydrogen-bond donors (Lipinski definition) is 1. The predicted octanol–water partition coefficient (Wildman–Crippen LogP) is 1.06. The lowest BCUT2D eigenvalue weighted by Gasteiger charge is -1.98. The Morgan fingerprint density at radius 3 is 2.93 bits per heavy atom. The first kappa shape index (κ1) is 8.55. The van der Waals surface area contributed by atoms with Gasteiger partial charge in [-0.15, -0.1) is 0 Å². The molecule has 0 aromatic carbocycles. The van der Waals surface area contributed by atoms with Crippen molar-refractivity contribution in [2.45, 2.75) is 6.92 Å². The monoisotopic (exact) mass is 191 g/mol. The lowest BCUT2D eigenvalue weighted by atomic mass is 10.4. The van der Waals surface area contributed by atoms with Gasteiger partial charge in [0.2, 0.25) is 0 Å². The average molecular weight is 191 g/mol. The van der Waals surface area contributed by atoms with Crippen molar-refractivity contribution < 1.29 is 9.21 Å². The summed E-state index contributed by atoms with van der Waals surface area (Å²) in [6, 6.07) is 4.83. The van der Waals surface area contributed by atoms with E-state index in [1.807, 2.05) is 0 Å². The molecule has 5 nitrogen and oxygen atoms in total. The molecule has 0 atom stereocenters. The Morgan fingerprint density at radius 1 is 1.64 bits per heavy atom. The molecule has 14 heavy (non-hydrogen) atoms. The maximum absolute atomic E-state index is 11.7. The van der Waals surface area contributed by atoms with Crippen LogP contribution in [0.4, 0.5) is 5.82 Å². The third-order valence-corrected chi connectivity index (χ3v) is 1.78. The molecule has 0 unspecified atom stereocenters. The third kappa shape index (κ3) is 1.28. The Hall–Kier alpha value is -2.04. The van der Waals surface area contributed by atoms with E-state index in [0.29, 0.717) is 11.5 Å². The van der Waals surface area contributed by atoms with Crippen LogP contribution in [0.1, 0.15) is 16.2 Å². The van der Waals surface area contributed by atoms with E-state index >= 15 is 0 Å². The summed E-state index contributed by atoms with van der Waals surface area (Å²) in [6.45, 7) is 1.77. The minimum Gasteiger partial charge on any atom is -0.459 e. The summed E-state index contributed by atoms with van der Waals surface area (Å²) in [5, 5.41) is 3.95. The largest absolute Gasteiger partial charge is 0.459 e. The number of nitrogen functional groups attached to an aromatic ring is 1. The van der Waals surface area contributed by atoms with Crippen LogP contribution in [0.15, 0.2) is 28.9 Å². The van der Waals surface area contributed by atoms with E-state index in [2.05, 4.69) is 5.10 Å². The molecule has 0 fully saturated rings. The number of aryl methyl sites for hydroxylation is 1. The smallest absolute Gasteiger partial charge is 0.315 e. The zero-order chi connectivity index (χ0) is 10.1. The van der Waals surface area contributed by atoms with Crippen LogP contribution in [-0.2, 0) is 0 Å². The van der Waals surface area contributed by atoms with Crippen LogP contribution in [0.25, 0.3) is 0 Å². The van der Waals surface area contributed by atoms with Crippen molar-refractivity contribution in [2.24, 2.45) is 0 Å². The highest BCUT2D eigenvalue weighted by atomic mass is 16.3. The molecule has 0 aliphatic carbocycles. The number of nitrogens with zero attached hydrogens (tertiary/aromatic N) is 2. The molecule has 0 bridgehead atoms. The number of carbonyl (C=O) groups excluding carboxylic acids is 1. The zero-order valence-corrected chi connectivity index (χ0v) is 7.60. The Balaban J connectivity index is 2.41. The maximum Gasteiger partial charge on any atom is 0.315 e. The molecule has 72 valence electrons. The number of furan rings is 1. The fourth-order valence-corrected chi connectivity index (χ4v) is 1.19. The van der Waals surface area contributed by atoms with E-state index in [1.54, 1.807) is 25.1 Å². The summed E-state index contributed by atoms with van der Waals surface area (Å²) in [5.41, 5.74) is 6.28. The molecule has 0 saturated heterocycles. The van der Waals surface area contributed by atoms with Crippen molar-refractivity contribution in [3.63, 3.8) is 0 Å². The van der Waals surface area contributed by atoms with Crippen LogP contribution in [0.5, 0.6) is 0 Å². The van der Waals surface area contributed by atoms with Crippen molar-refractivity contribution in [1.29, 1.82) is 0 Å². The number of nitrogens with two attached hydrogens (primary N) is 1. The van der Waals surface area contributed by atoms with Crippen LogP contribution in [0.3, 0.4) is 0 Å². The first-order valence-electron chi connectivity index (χ1n) is 4.09.